The Hall–Kier alpha value is -1.55. The van der Waals surface area contributed by atoms with E-state index in [1.165, 1.54) is 0 Å². The summed E-state index contributed by atoms with van der Waals surface area (Å²) in [5.41, 5.74) is 1.15. The Balaban J connectivity index is 1.44. The molecule has 2 saturated heterocycles. The number of hydrogen-bond donors (Lipinski definition) is 1. The number of rotatable bonds is 4. The first-order valence-corrected chi connectivity index (χ1v) is 8.30. The average Bonchev–Trinajstić information content (AvgIpc) is 2.44. The molecule has 118 valence electrons. The molecule has 2 fully saturated rings. The molecule has 0 saturated carbocycles. The van der Waals surface area contributed by atoms with Gasteiger partial charge in [-0.2, -0.15) is 0 Å². The van der Waals surface area contributed by atoms with Crippen molar-refractivity contribution in [3.63, 3.8) is 0 Å². The molecule has 0 aliphatic carbocycles. The molecule has 0 bridgehead atoms. The first-order valence-electron chi connectivity index (χ1n) is 7.92. The molecule has 2 aliphatic heterocycles. The Labute approximate surface area is 135 Å². The van der Waals surface area contributed by atoms with E-state index in [9.17, 15) is 9.59 Å². The number of amides is 2. The zero-order valence-corrected chi connectivity index (χ0v) is 13.3. The van der Waals surface area contributed by atoms with Crippen LogP contribution in [0.4, 0.5) is 0 Å². The lowest BCUT2D eigenvalue weighted by Gasteiger charge is -2.40. The zero-order valence-electron chi connectivity index (χ0n) is 12.6. The molecule has 1 unspecified atom stereocenters. The third-order valence-corrected chi connectivity index (χ3v) is 4.89. The monoisotopic (exact) mass is 320 g/mol. The fourth-order valence-electron chi connectivity index (χ4n) is 3.25. The second kappa shape index (κ2) is 6.69. The molecule has 2 amide bonds. The van der Waals surface area contributed by atoms with Crippen molar-refractivity contribution >= 4 is 23.4 Å². The summed E-state index contributed by atoms with van der Waals surface area (Å²) >= 11 is 6.17. The van der Waals surface area contributed by atoms with Crippen LogP contribution in [-0.2, 0) is 16.0 Å². The van der Waals surface area contributed by atoms with Gasteiger partial charge in [-0.05, 0) is 36.8 Å². The number of carbonyl (C=O) groups is 2. The topological polar surface area (TPSA) is 49.4 Å². The minimum absolute atomic E-state index is 0.0244. The first-order chi connectivity index (χ1) is 10.6. The number of benzene rings is 1. The zero-order chi connectivity index (χ0) is 15.5. The van der Waals surface area contributed by atoms with Gasteiger partial charge in [-0.3, -0.25) is 9.59 Å². The van der Waals surface area contributed by atoms with Crippen LogP contribution in [0.2, 0.25) is 5.02 Å². The predicted molar refractivity (Wildman–Crippen MR) is 85.6 cm³/mol. The minimum atomic E-state index is 0.0244. The third-order valence-electron chi connectivity index (χ3n) is 4.52. The van der Waals surface area contributed by atoms with Crippen molar-refractivity contribution < 1.29 is 9.59 Å². The highest BCUT2D eigenvalue weighted by atomic mass is 35.5. The van der Waals surface area contributed by atoms with Crippen molar-refractivity contribution in [2.75, 3.05) is 13.1 Å². The summed E-state index contributed by atoms with van der Waals surface area (Å²) in [7, 11) is 0. The van der Waals surface area contributed by atoms with Crippen LogP contribution in [-0.4, -0.2) is 35.8 Å². The summed E-state index contributed by atoms with van der Waals surface area (Å²) in [5.74, 6) is 0.719. The average molecular weight is 321 g/mol. The molecular weight excluding hydrogens is 300 g/mol. The molecular formula is C17H21ClN2O2. The van der Waals surface area contributed by atoms with E-state index in [2.05, 4.69) is 5.32 Å². The summed E-state index contributed by atoms with van der Waals surface area (Å²) in [5, 5.41) is 3.71. The van der Waals surface area contributed by atoms with Gasteiger partial charge in [-0.25, -0.2) is 0 Å². The first kappa shape index (κ1) is 15.3. The highest BCUT2D eigenvalue weighted by molar-refractivity contribution is 6.31. The van der Waals surface area contributed by atoms with Crippen LogP contribution in [0.25, 0.3) is 0 Å². The van der Waals surface area contributed by atoms with Crippen LogP contribution in [0.5, 0.6) is 0 Å². The molecule has 0 aromatic heterocycles. The largest absolute Gasteiger partial charge is 0.353 e. The Morgan fingerprint density at radius 1 is 1.32 bits per heavy atom. The molecule has 5 heteroatoms. The van der Waals surface area contributed by atoms with Gasteiger partial charge in [0.15, 0.2) is 0 Å². The van der Waals surface area contributed by atoms with Crippen LogP contribution in [0, 0.1) is 5.92 Å². The maximum absolute atomic E-state index is 12.2. The number of nitrogens with one attached hydrogen (secondary N) is 1. The van der Waals surface area contributed by atoms with E-state index >= 15 is 0 Å². The molecule has 22 heavy (non-hydrogen) atoms. The van der Waals surface area contributed by atoms with E-state index in [-0.39, 0.29) is 17.9 Å². The molecule has 2 heterocycles. The maximum Gasteiger partial charge on any atom is 0.224 e. The minimum Gasteiger partial charge on any atom is -0.353 e. The number of hydrogen-bond acceptors (Lipinski definition) is 2. The molecule has 1 atom stereocenters. The maximum atomic E-state index is 12.2. The number of piperidine rings is 1. The van der Waals surface area contributed by atoms with Gasteiger partial charge in [0.1, 0.15) is 0 Å². The van der Waals surface area contributed by atoms with Crippen LogP contribution < -0.4 is 5.32 Å². The van der Waals surface area contributed by atoms with Crippen LogP contribution in [0.1, 0.15) is 31.2 Å². The quantitative estimate of drug-likeness (QED) is 0.926. The van der Waals surface area contributed by atoms with Crippen molar-refractivity contribution in [2.45, 2.75) is 38.1 Å². The smallest absolute Gasteiger partial charge is 0.224 e. The van der Waals surface area contributed by atoms with Gasteiger partial charge in [0.05, 0.1) is 0 Å². The van der Waals surface area contributed by atoms with Crippen LogP contribution in [0.3, 0.4) is 0 Å². The lowest BCUT2D eigenvalue weighted by atomic mass is 9.91. The number of halogens is 1. The van der Waals surface area contributed by atoms with Gasteiger partial charge in [0, 0.05) is 37.0 Å². The molecule has 1 N–H and O–H groups in total. The number of likely N-dealkylation sites (tertiary alicyclic amines) is 1. The van der Waals surface area contributed by atoms with Crippen molar-refractivity contribution in [3.05, 3.63) is 34.9 Å². The summed E-state index contributed by atoms with van der Waals surface area (Å²) in [6.45, 7) is 1.59. The van der Waals surface area contributed by atoms with Gasteiger partial charge in [-0.15, -0.1) is 0 Å². The molecule has 1 aromatic rings. The SMILES string of the molecule is O=C1CCCC(CC(=O)N2CC(Cc3ccccc3Cl)C2)N1. The van der Waals surface area contributed by atoms with E-state index in [1.807, 2.05) is 29.2 Å². The highest BCUT2D eigenvalue weighted by Gasteiger charge is 2.32. The lowest BCUT2D eigenvalue weighted by Crippen LogP contribution is -2.52. The highest BCUT2D eigenvalue weighted by Crippen LogP contribution is 2.25. The van der Waals surface area contributed by atoms with Crippen molar-refractivity contribution in [2.24, 2.45) is 5.92 Å². The Morgan fingerprint density at radius 3 is 2.82 bits per heavy atom. The summed E-state index contributed by atoms with van der Waals surface area (Å²) in [4.78, 5) is 25.5. The summed E-state index contributed by atoms with van der Waals surface area (Å²) in [6, 6.07) is 7.90. The molecule has 4 nitrogen and oxygen atoms in total. The van der Waals surface area contributed by atoms with Crippen molar-refractivity contribution in [1.29, 1.82) is 0 Å². The van der Waals surface area contributed by atoms with E-state index < -0.39 is 0 Å². The van der Waals surface area contributed by atoms with Crippen LogP contribution >= 0.6 is 11.6 Å². The molecule has 0 radical (unpaired) electrons. The standard InChI is InChI=1S/C17H21ClN2O2/c18-15-6-2-1-4-13(15)8-12-10-20(11-12)17(22)9-14-5-3-7-16(21)19-14/h1-2,4,6,12,14H,3,5,7-11H2,(H,19,21). The lowest BCUT2D eigenvalue weighted by molar-refractivity contribution is -0.138. The van der Waals surface area contributed by atoms with E-state index in [1.54, 1.807) is 0 Å². The van der Waals surface area contributed by atoms with Gasteiger partial charge >= 0.3 is 0 Å². The summed E-state index contributed by atoms with van der Waals surface area (Å²) in [6.07, 6.45) is 3.75. The molecule has 3 rings (SSSR count). The van der Waals surface area contributed by atoms with E-state index in [0.717, 1.165) is 42.9 Å². The van der Waals surface area contributed by atoms with E-state index in [0.29, 0.717) is 18.8 Å². The molecule has 0 spiro atoms. The predicted octanol–water partition coefficient (Wildman–Crippen LogP) is 2.40. The molecule has 1 aromatic carbocycles. The van der Waals surface area contributed by atoms with Crippen molar-refractivity contribution in [3.8, 4) is 0 Å². The fraction of sp³-hybridized carbons (Fsp3) is 0.529. The Kier molecular flexibility index (Phi) is 4.67. The van der Waals surface area contributed by atoms with Gasteiger partial charge < -0.3 is 10.2 Å². The second-order valence-corrected chi connectivity index (χ2v) is 6.73. The second-order valence-electron chi connectivity index (χ2n) is 6.32. The fourth-order valence-corrected chi connectivity index (χ4v) is 3.46. The van der Waals surface area contributed by atoms with Gasteiger partial charge in [-0.1, -0.05) is 29.8 Å². The van der Waals surface area contributed by atoms with Gasteiger partial charge in [0.25, 0.3) is 0 Å². The Bertz CT molecular complexity index is 570. The third kappa shape index (κ3) is 3.61. The van der Waals surface area contributed by atoms with E-state index in [4.69, 9.17) is 11.6 Å². The number of carbonyl (C=O) groups excluding carboxylic acids is 2. The normalized spacial score (nSPS) is 22.1. The van der Waals surface area contributed by atoms with Crippen molar-refractivity contribution in [1.82, 2.24) is 10.2 Å². The number of nitrogens with zero attached hydrogens (tertiary/aromatic N) is 1. The Morgan fingerprint density at radius 2 is 2.09 bits per heavy atom. The van der Waals surface area contributed by atoms with Crippen LogP contribution in [0.15, 0.2) is 24.3 Å². The summed E-state index contributed by atoms with van der Waals surface area (Å²) < 4.78 is 0. The van der Waals surface area contributed by atoms with Gasteiger partial charge in [0.2, 0.25) is 11.8 Å². The molecule has 2 aliphatic rings.